The van der Waals surface area contributed by atoms with E-state index in [4.69, 9.17) is 5.73 Å². The molecule has 1 amide bonds. The monoisotopic (exact) mass is 285 g/mol. The highest BCUT2D eigenvalue weighted by molar-refractivity contribution is 7.89. The van der Waals surface area contributed by atoms with E-state index >= 15 is 0 Å². The fraction of sp³-hybridized carbons (Fsp3) is 0.455. The van der Waals surface area contributed by atoms with Gasteiger partial charge in [-0.05, 0) is 18.9 Å². The van der Waals surface area contributed by atoms with Crippen molar-refractivity contribution in [2.45, 2.75) is 17.7 Å². The minimum Gasteiger partial charge on any atom is -0.369 e. The summed E-state index contributed by atoms with van der Waals surface area (Å²) in [5.74, 6) is -0.937. The molecule has 0 bridgehead atoms. The van der Waals surface area contributed by atoms with Crippen molar-refractivity contribution >= 4 is 15.9 Å². The van der Waals surface area contributed by atoms with Crippen molar-refractivity contribution in [1.82, 2.24) is 9.29 Å². The Bertz CT molecular complexity index is 617. The van der Waals surface area contributed by atoms with E-state index in [1.54, 1.807) is 0 Å². The smallest absolute Gasteiger partial charge is 0.247 e. The molecule has 2 heterocycles. The van der Waals surface area contributed by atoms with E-state index in [-0.39, 0.29) is 17.0 Å². The summed E-state index contributed by atoms with van der Waals surface area (Å²) in [6.45, 7) is 0.446. The van der Waals surface area contributed by atoms with Gasteiger partial charge in [0.1, 0.15) is 0 Å². The topological polar surface area (TPSA) is 113 Å². The minimum atomic E-state index is -3.69. The first-order chi connectivity index (χ1) is 8.91. The molecule has 2 rings (SSSR count). The predicted molar refractivity (Wildman–Crippen MR) is 67.7 cm³/mol. The molecule has 1 aliphatic heterocycles. The highest BCUT2D eigenvalue weighted by atomic mass is 32.2. The molecule has 1 saturated heterocycles. The van der Waals surface area contributed by atoms with E-state index in [9.17, 15) is 18.0 Å². The van der Waals surface area contributed by atoms with Crippen LogP contribution in [0.15, 0.2) is 28.0 Å². The fourth-order valence-corrected chi connectivity index (χ4v) is 3.59. The number of nitrogens with zero attached hydrogens (tertiary/aromatic N) is 1. The molecule has 7 nitrogen and oxygen atoms in total. The van der Waals surface area contributed by atoms with E-state index in [0.29, 0.717) is 19.4 Å². The Labute approximate surface area is 110 Å². The number of carbonyl (C=O) groups is 1. The van der Waals surface area contributed by atoms with Crippen molar-refractivity contribution in [1.29, 1.82) is 0 Å². The third-order valence-corrected chi connectivity index (χ3v) is 5.04. The Morgan fingerprint density at radius 3 is 2.74 bits per heavy atom. The van der Waals surface area contributed by atoms with Gasteiger partial charge in [-0.25, -0.2) is 8.42 Å². The van der Waals surface area contributed by atoms with Crippen LogP contribution in [-0.2, 0) is 14.8 Å². The van der Waals surface area contributed by atoms with Gasteiger partial charge < -0.3 is 10.7 Å². The van der Waals surface area contributed by atoms with Gasteiger partial charge in [0.25, 0.3) is 0 Å². The zero-order valence-corrected chi connectivity index (χ0v) is 11.0. The van der Waals surface area contributed by atoms with Gasteiger partial charge in [-0.2, -0.15) is 4.31 Å². The second-order valence-corrected chi connectivity index (χ2v) is 6.43. The standard InChI is InChI=1S/C11H15N3O4S/c12-11(16)8-2-1-5-14(7-8)19(17,18)9-3-4-10(15)13-6-9/h3-4,6,8H,1-2,5,7H2,(H2,12,16)(H,13,15). The Balaban J connectivity index is 2.26. The number of hydrogen-bond donors (Lipinski definition) is 2. The molecule has 1 aromatic rings. The van der Waals surface area contributed by atoms with Gasteiger partial charge in [-0.1, -0.05) is 0 Å². The number of sulfonamides is 1. The fourth-order valence-electron chi connectivity index (χ4n) is 2.10. The number of nitrogens with two attached hydrogens (primary N) is 1. The number of aromatic nitrogens is 1. The number of carbonyl (C=O) groups excluding carboxylic acids is 1. The van der Waals surface area contributed by atoms with E-state index in [1.807, 2.05) is 0 Å². The molecule has 19 heavy (non-hydrogen) atoms. The van der Waals surface area contributed by atoms with Crippen LogP contribution in [0.25, 0.3) is 0 Å². The maximum Gasteiger partial charge on any atom is 0.247 e. The molecule has 1 unspecified atom stereocenters. The Hall–Kier alpha value is -1.67. The molecule has 0 spiro atoms. The second kappa shape index (κ2) is 5.14. The van der Waals surface area contributed by atoms with Crippen molar-refractivity contribution in [3.05, 3.63) is 28.7 Å². The van der Waals surface area contributed by atoms with Crippen molar-refractivity contribution < 1.29 is 13.2 Å². The molecule has 104 valence electrons. The lowest BCUT2D eigenvalue weighted by molar-refractivity contribution is -0.122. The van der Waals surface area contributed by atoms with Gasteiger partial charge in [0.2, 0.25) is 21.5 Å². The SMILES string of the molecule is NC(=O)C1CCCN(S(=O)(=O)c2ccc(=O)[nH]c2)C1. The third kappa shape index (κ3) is 2.85. The van der Waals surface area contributed by atoms with Gasteiger partial charge in [0, 0.05) is 25.4 Å². The molecule has 3 N–H and O–H groups in total. The number of pyridine rings is 1. The number of hydrogen-bond acceptors (Lipinski definition) is 4. The molecule has 0 aromatic carbocycles. The first kappa shape index (κ1) is 13.8. The van der Waals surface area contributed by atoms with Gasteiger partial charge >= 0.3 is 0 Å². The second-order valence-electron chi connectivity index (χ2n) is 4.49. The maximum atomic E-state index is 12.3. The normalized spacial score (nSPS) is 21.2. The van der Waals surface area contributed by atoms with E-state index in [2.05, 4.69) is 4.98 Å². The summed E-state index contributed by atoms with van der Waals surface area (Å²) < 4.78 is 25.9. The Kier molecular flexibility index (Phi) is 3.72. The summed E-state index contributed by atoms with van der Waals surface area (Å²) in [4.78, 5) is 24.4. The van der Waals surface area contributed by atoms with Crippen molar-refractivity contribution in [3.63, 3.8) is 0 Å². The average Bonchev–Trinajstić information content (AvgIpc) is 2.39. The van der Waals surface area contributed by atoms with Crippen LogP contribution >= 0.6 is 0 Å². The summed E-state index contributed by atoms with van der Waals surface area (Å²) in [6.07, 6.45) is 2.36. The summed E-state index contributed by atoms with van der Waals surface area (Å²) in [5.41, 5.74) is 4.86. The quantitative estimate of drug-likeness (QED) is 0.761. The molecule has 1 atom stereocenters. The highest BCUT2D eigenvalue weighted by Crippen LogP contribution is 2.22. The number of primary amides is 1. The van der Waals surface area contributed by atoms with E-state index < -0.39 is 21.8 Å². The van der Waals surface area contributed by atoms with Crippen molar-refractivity contribution in [2.75, 3.05) is 13.1 Å². The zero-order valence-electron chi connectivity index (χ0n) is 10.2. The average molecular weight is 285 g/mol. The van der Waals surface area contributed by atoms with Crippen molar-refractivity contribution in [2.24, 2.45) is 11.7 Å². The highest BCUT2D eigenvalue weighted by Gasteiger charge is 2.32. The van der Waals surface area contributed by atoms with Gasteiger partial charge in [-0.3, -0.25) is 9.59 Å². The number of amides is 1. The molecule has 0 aliphatic carbocycles. The number of nitrogens with one attached hydrogen (secondary N) is 1. The lowest BCUT2D eigenvalue weighted by Crippen LogP contribution is -2.44. The number of aromatic amines is 1. The largest absolute Gasteiger partial charge is 0.369 e. The lowest BCUT2D eigenvalue weighted by atomic mass is 9.99. The van der Waals surface area contributed by atoms with Crippen LogP contribution in [0.4, 0.5) is 0 Å². The summed E-state index contributed by atoms with van der Waals surface area (Å²) >= 11 is 0. The van der Waals surface area contributed by atoms with Crippen LogP contribution in [0.2, 0.25) is 0 Å². The van der Waals surface area contributed by atoms with Crippen molar-refractivity contribution in [3.8, 4) is 0 Å². The molecule has 1 fully saturated rings. The molecule has 0 saturated carbocycles. The van der Waals surface area contributed by atoms with Crippen LogP contribution in [0.3, 0.4) is 0 Å². The molecule has 0 radical (unpaired) electrons. The van der Waals surface area contributed by atoms with E-state index in [0.717, 1.165) is 12.3 Å². The summed E-state index contributed by atoms with van der Waals surface area (Å²) in [5, 5.41) is 0. The summed E-state index contributed by atoms with van der Waals surface area (Å²) in [6, 6.07) is 2.41. The first-order valence-electron chi connectivity index (χ1n) is 5.89. The molecular weight excluding hydrogens is 270 g/mol. The summed E-state index contributed by atoms with van der Waals surface area (Å²) in [7, 11) is -3.69. The third-order valence-electron chi connectivity index (χ3n) is 3.18. The van der Waals surface area contributed by atoms with Crippen LogP contribution in [-0.4, -0.2) is 36.7 Å². The number of piperidine rings is 1. The van der Waals surface area contributed by atoms with Gasteiger partial charge in [0.05, 0.1) is 10.8 Å². The Morgan fingerprint density at radius 2 is 2.16 bits per heavy atom. The van der Waals surface area contributed by atoms with Crippen LogP contribution in [0.1, 0.15) is 12.8 Å². The Morgan fingerprint density at radius 1 is 1.42 bits per heavy atom. The van der Waals surface area contributed by atoms with Crippen LogP contribution in [0, 0.1) is 5.92 Å². The zero-order chi connectivity index (χ0) is 14.0. The first-order valence-corrected chi connectivity index (χ1v) is 7.33. The molecular formula is C11H15N3O4S. The number of H-pyrrole nitrogens is 1. The predicted octanol–water partition coefficient (Wildman–Crippen LogP) is -0.739. The van der Waals surface area contributed by atoms with E-state index in [1.165, 1.54) is 10.4 Å². The lowest BCUT2D eigenvalue weighted by Gasteiger charge is -2.30. The van der Waals surface area contributed by atoms with Crippen LogP contribution in [0.5, 0.6) is 0 Å². The molecule has 8 heteroatoms. The van der Waals surface area contributed by atoms with Crippen LogP contribution < -0.4 is 11.3 Å². The molecule has 1 aliphatic rings. The minimum absolute atomic E-state index is 0.0113. The number of rotatable bonds is 3. The maximum absolute atomic E-state index is 12.3. The molecule has 1 aromatic heterocycles. The van der Waals surface area contributed by atoms with Gasteiger partial charge in [-0.15, -0.1) is 0 Å². The van der Waals surface area contributed by atoms with Gasteiger partial charge in [0.15, 0.2) is 0 Å².